The molecule has 0 fully saturated rings. The van der Waals surface area contributed by atoms with Gasteiger partial charge in [-0.2, -0.15) is 0 Å². The first-order valence-electron chi connectivity index (χ1n) is 16.2. The second-order valence-corrected chi connectivity index (χ2v) is 16.2. The zero-order valence-electron chi connectivity index (χ0n) is 28.6. The van der Waals surface area contributed by atoms with Crippen LogP contribution in [0.5, 0.6) is 0 Å². The van der Waals surface area contributed by atoms with Crippen LogP contribution < -0.4 is 5.32 Å². The van der Waals surface area contributed by atoms with Crippen molar-refractivity contribution in [2.45, 2.75) is 80.4 Å². The molecule has 274 valence electrons. The van der Waals surface area contributed by atoms with E-state index in [2.05, 4.69) is 54.3 Å². The number of aromatic nitrogens is 3. The van der Waals surface area contributed by atoms with E-state index < -0.39 is 12.1 Å². The molecular weight excluding hydrogens is 832 g/mol. The number of carbonyl (C=O) groups excluding carboxylic acids is 3. The predicted molar refractivity (Wildman–Crippen MR) is 211 cm³/mol. The number of fused-ring (bicyclic) bond motifs is 4. The van der Waals surface area contributed by atoms with Crippen LogP contribution in [0.15, 0.2) is 69.6 Å². The molecule has 0 aliphatic carbocycles. The van der Waals surface area contributed by atoms with Crippen molar-refractivity contribution >= 4 is 77.6 Å². The third-order valence-electron chi connectivity index (χ3n) is 8.70. The highest BCUT2D eigenvalue weighted by Crippen LogP contribution is 2.42. The van der Waals surface area contributed by atoms with Crippen LogP contribution >= 0.6 is 54.5 Å². The zero-order valence-corrected chi connectivity index (χ0v) is 33.4. The number of amides is 3. The molecule has 0 radical (unpaired) electrons. The van der Waals surface area contributed by atoms with Gasteiger partial charge >= 0.3 is 12.2 Å². The summed E-state index contributed by atoms with van der Waals surface area (Å²) < 4.78 is 15.0. The van der Waals surface area contributed by atoms with Gasteiger partial charge in [-0.05, 0) is 77.6 Å². The standard InChI is InChI=1S/C19H19BrN4O2S.C17H17BrN2O3S.CH4/c1-11-17-22-21-13(3)24(17)18-15(16(20)12(2)27-18)9-23(11)19(25)26-10-14-7-5-4-6-8-14;1-10-15(21)19-16-13(14(18)11(2)24-16)8-20(10)17(22)23-9-12-6-4-3-5-7-12;/h4-8,11H,9-10H2,1-3H3;3-7,10H,8-9H2,1-2H3,(H,19,21);1H4/t11-;10-;/m00./s1. The number of halogens is 2. The number of ether oxygens (including phenoxy) is 2. The summed E-state index contributed by atoms with van der Waals surface area (Å²) in [5.74, 6) is 1.35. The number of benzene rings is 2. The summed E-state index contributed by atoms with van der Waals surface area (Å²) in [6, 6.07) is 18.3. The van der Waals surface area contributed by atoms with Gasteiger partial charge in [0.25, 0.3) is 0 Å². The molecule has 2 aliphatic heterocycles. The second kappa shape index (κ2) is 16.7. The SMILES string of the molecule is C.Cc1sc2c(c1Br)CN(C(=O)OCc1ccccc1)[C@@H](C)C(=O)N2.Cc1sc2c(c1Br)CN(C(=O)OCc1ccccc1)[C@@H](C)c1nnc(C)n1-2. The summed E-state index contributed by atoms with van der Waals surface area (Å²) >= 11 is 10.4. The number of thiophene rings is 2. The lowest BCUT2D eigenvalue weighted by Gasteiger charge is -2.25. The first-order chi connectivity index (χ1) is 24.4. The number of hydrogen-bond acceptors (Lipinski definition) is 9. The van der Waals surface area contributed by atoms with Gasteiger partial charge in [0, 0.05) is 29.8 Å². The Kier molecular flexibility index (Phi) is 12.6. The lowest BCUT2D eigenvalue weighted by molar-refractivity contribution is -0.120. The van der Waals surface area contributed by atoms with E-state index in [1.807, 2.05) is 86.0 Å². The Labute approximate surface area is 328 Å². The van der Waals surface area contributed by atoms with Crippen molar-refractivity contribution in [1.82, 2.24) is 24.6 Å². The van der Waals surface area contributed by atoms with Crippen LogP contribution in [-0.4, -0.2) is 48.7 Å². The van der Waals surface area contributed by atoms with Gasteiger partial charge in [0.15, 0.2) is 5.82 Å². The largest absolute Gasteiger partial charge is 0.445 e. The van der Waals surface area contributed by atoms with Gasteiger partial charge in [0.2, 0.25) is 5.91 Å². The molecule has 0 saturated carbocycles. The van der Waals surface area contributed by atoms with Crippen LogP contribution in [0, 0.1) is 20.8 Å². The maximum absolute atomic E-state index is 12.9. The number of hydrogen-bond donors (Lipinski definition) is 1. The molecule has 0 spiro atoms. The van der Waals surface area contributed by atoms with E-state index in [9.17, 15) is 14.4 Å². The molecule has 3 amide bonds. The number of aryl methyl sites for hydroxylation is 3. The summed E-state index contributed by atoms with van der Waals surface area (Å²) in [5.41, 5.74) is 3.83. The van der Waals surface area contributed by atoms with Crippen LogP contribution in [0.25, 0.3) is 5.00 Å². The fourth-order valence-corrected chi connectivity index (χ4v) is 9.21. The minimum atomic E-state index is -0.597. The summed E-state index contributed by atoms with van der Waals surface area (Å²) in [6.07, 6.45) is -0.854. The second-order valence-electron chi connectivity index (χ2n) is 12.2. The molecule has 1 N–H and O–H groups in total. The molecule has 2 aliphatic rings. The van der Waals surface area contributed by atoms with Crippen LogP contribution in [0.1, 0.15) is 71.0 Å². The summed E-state index contributed by atoms with van der Waals surface area (Å²) in [4.78, 5) is 43.1. The lowest BCUT2D eigenvalue weighted by Crippen LogP contribution is -2.43. The molecule has 15 heteroatoms. The summed E-state index contributed by atoms with van der Waals surface area (Å²) in [5, 5.41) is 13.3. The Hall–Kier alpha value is -4.05. The first kappa shape index (κ1) is 39.2. The highest BCUT2D eigenvalue weighted by atomic mass is 79.9. The third-order valence-corrected chi connectivity index (χ3v) is 13.6. The van der Waals surface area contributed by atoms with E-state index in [0.29, 0.717) is 13.1 Å². The number of anilines is 1. The highest BCUT2D eigenvalue weighted by molar-refractivity contribution is 9.11. The van der Waals surface area contributed by atoms with Crippen LogP contribution in [-0.2, 0) is 40.6 Å². The van der Waals surface area contributed by atoms with Crippen molar-refractivity contribution in [3.8, 4) is 5.00 Å². The van der Waals surface area contributed by atoms with Gasteiger partial charge in [-0.3, -0.25) is 19.2 Å². The smallest absolute Gasteiger partial charge is 0.411 e. The predicted octanol–water partition coefficient (Wildman–Crippen LogP) is 9.86. The zero-order chi connectivity index (χ0) is 36.4. The first-order valence-corrected chi connectivity index (χ1v) is 19.4. The van der Waals surface area contributed by atoms with Crippen molar-refractivity contribution < 1.29 is 23.9 Å². The van der Waals surface area contributed by atoms with E-state index in [4.69, 9.17) is 9.47 Å². The summed E-state index contributed by atoms with van der Waals surface area (Å²) in [7, 11) is 0. The van der Waals surface area contributed by atoms with E-state index in [1.54, 1.807) is 23.2 Å². The van der Waals surface area contributed by atoms with Crippen LogP contribution in [0.3, 0.4) is 0 Å². The molecule has 0 saturated heterocycles. The lowest BCUT2D eigenvalue weighted by atomic mass is 10.2. The Morgan fingerprint density at radius 2 is 1.29 bits per heavy atom. The molecule has 0 unspecified atom stereocenters. The monoisotopic (exact) mass is 870 g/mol. The average Bonchev–Trinajstić information content (AvgIpc) is 3.68. The fourth-order valence-electron chi connectivity index (χ4n) is 5.75. The third kappa shape index (κ3) is 8.12. The van der Waals surface area contributed by atoms with Crippen molar-refractivity contribution in [2.24, 2.45) is 0 Å². The van der Waals surface area contributed by atoms with Gasteiger partial charge in [-0.25, -0.2) is 9.59 Å². The average molecular weight is 873 g/mol. The van der Waals surface area contributed by atoms with Gasteiger partial charge < -0.3 is 14.8 Å². The number of carbonyl (C=O) groups is 3. The Morgan fingerprint density at radius 3 is 1.87 bits per heavy atom. The van der Waals surface area contributed by atoms with Gasteiger partial charge in [-0.1, -0.05) is 68.1 Å². The topological polar surface area (TPSA) is 119 Å². The van der Waals surface area contributed by atoms with Crippen LogP contribution in [0.2, 0.25) is 0 Å². The quantitative estimate of drug-likeness (QED) is 0.191. The minimum Gasteiger partial charge on any atom is -0.445 e. The molecule has 2 aromatic carbocycles. The minimum absolute atomic E-state index is 0. The van der Waals surface area contributed by atoms with Crippen molar-refractivity contribution in [3.63, 3.8) is 0 Å². The molecule has 5 heterocycles. The molecule has 2 atom stereocenters. The fraction of sp³-hybridized carbons (Fsp3) is 0.324. The van der Waals surface area contributed by atoms with Gasteiger partial charge in [-0.15, -0.1) is 32.9 Å². The van der Waals surface area contributed by atoms with E-state index >= 15 is 0 Å². The van der Waals surface area contributed by atoms with Crippen molar-refractivity contribution in [3.05, 3.63) is 113 Å². The molecular formula is C37H40Br2N6O5S2. The highest BCUT2D eigenvalue weighted by Gasteiger charge is 2.36. The molecule has 5 aromatic rings. The molecule has 7 rings (SSSR count). The van der Waals surface area contributed by atoms with Crippen LogP contribution in [0.4, 0.5) is 14.6 Å². The Balaban J connectivity index is 0.000000199. The summed E-state index contributed by atoms with van der Waals surface area (Å²) in [6.45, 7) is 10.8. The van der Waals surface area contributed by atoms with E-state index in [1.165, 1.54) is 16.2 Å². The van der Waals surface area contributed by atoms with Crippen molar-refractivity contribution in [1.29, 1.82) is 0 Å². The normalized spacial score (nSPS) is 16.1. The molecule has 52 heavy (non-hydrogen) atoms. The Bertz CT molecular complexity index is 2070. The number of nitrogens with one attached hydrogen (secondary N) is 1. The molecule has 11 nitrogen and oxygen atoms in total. The maximum Gasteiger partial charge on any atom is 0.411 e. The Morgan fingerprint density at radius 1 is 0.788 bits per heavy atom. The molecule has 3 aromatic heterocycles. The number of nitrogens with zero attached hydrogens (tertiary/aromatic N) is 5. The molecule has 0 bridgehead atoms. The van der Waals surface area contributed by atoms with Crippen molar-refractivity contribution in [2.75, 3.05) is 5.32 Å². The van der Waals surface area contributed by atoms with Gasteiger partial charge in [0.1, 0.15) is 35.1 Å². The van der Waals surface area contributed by atoms with Gasteiger partial charge in [0.05, 0.1) is 19.1 Å². The maximum atomic E-state index is 12.9. The van der Waals surface area contributed by atoms with E-state index in [-0.39, 0.29) is 38.7 Å². The van der Waals surface area contributed by atoms with E-state index in [0.717, 1.165) is 62.6 Å². The number of rotatable bonds is 4.